The van der Waals surface area contributed by atoms with Crippen LogP contribution in [0.5, 0.6) is 0 Å². The molecule has 122 valence electrons. The molecule has 0 aliphatic carbocycles. The van der Waals surface area contributed by atoms with Crippen LogP contribution in [-0.4, -0.2) is 47.6 Å². The first-order valence-corrected chi connectivity index (χ1v) is 7.14. The molecule has 0 fully saturated rings. The van der Waals surface area contributed by atoms with Gasteiger partial charge in [-0.15, -0.1) is 0 Å². The fraction of sp³-hybridized carbons (Fsp3) is 0.125. The van der Waals surface area contributed by atoms with Crippen molar-refractivity contribution in [2.45, 2.75) is 12.5 Å². The summed E-state index contributed by atoms with van der Waals surface area (Å²) in [4.78, 5) is 47.3. The second-order valence-electron chi connectivity index (χ2n) is 5.29. The smallest absolute Gasteiger partial charge is 0.327 e. The Hall–Kier alpha value is -3.16. The SMILES string of the molecule is BC1=CC(=O)N([C@@H](Cc2ccc(NC(=O)C=C)cc2)C(=O)O)C1=O. The van der Waals surface area contributed by atoms with E-state index in [1.165, 1.54) is 7.85 Å². The second-order valence-corrected chi connectivity index (χ2v) is 5.29. The molecule has 0 aromatic heterocycles. The summed E-state index contributed by atoms with van der Waals surface area (Å²) in [5, 5.41) is 12.0. The van der Waals surface area contributed by atoms with Crippen LogP contribution in [0.2, 0.25) is 0 Å². The van der Waals surface area contributed by atoms with Gasteiger partial charge in [0, 0.05) is 18.2 Å². The summed E-state index contributed by atoms with van der Waals surface area (Å²) in [6.45, 7) is 3.35. The minimum atomic E-state index is -1.28. The number of imide groups is 1. The summed E-state index contributed by atoms with van der Waals surface area (Å²) in [7, 11) is 1.47. The predicted molar refractivity (Wildman–Crippen MR) is 88.9 cm³/mol. The van der Waals surface area contributed by atoms with Gasteiger partial charge in [0.2, 0.25) is 11.8 Å². The Bertz CT molecular complexity index is 754. The fourth-order valence-electron chi connectivity index (χ4n) is 2.33. The van der Waals surface area contributed by atoms with Crippen molar-refractivity contribution in [1.82, 2.24) is 4.90 Å². The normalized spacial score (nSPS) is 15.0. The zero-order chi connectivity index (χ0) is 17.9. The van der Waals surface area contributed by atoms with Gasteiger partial charge in [-0.1, -0.05) is 18.7 Å². The molecule has 0 saturated heterocycles. The molecule has 2 N–H and O–H groups in total. The van der Waals surface area contributed by atoms with E-state index in [1.54, 1.807) is 24.3 Å². The Kier molecular flexibility index (Phi) is 4.98. The van der Waals surface area contributed by atoms with Gasteiger partial charge in [-0.25, -0.2) is 4.79 Å². The molecule has 0 spiro atoms. The summed E-state index contributed by atoms with van der Waals surface area (Å²) < 4.78 is 0. The Labute approximate surface area is 139 Å². The van der Waals surface area contributed by atoms with Crippen LogP contribution in [0, 0.1) is 0 Å². The molecule has 24 heavy (non-hydrogen) atoms. The molecule has 0 unspecified atom stereocenters. The highest BCUT2D eigenvalue weighted by atomic mass is 16.4. The average Bonchev–Trinajstić information content (AvgIpc) is 2.79. The lowest BCUT2D eigenvalue weighted by Crippen LogP contribution is -2.46. The highest BCUT2D eigenvalue weighted by molar-refractivity contribution is 6.42. The van der Waals surface area contributed by atoms with Crippen molar-refractivity contribution < 1.29 is 24.3 Å². The highest BCUT2D eigenvalue weighted by Crippen LogP contribution is 2.19. The molecule has 1 aromatic rings. The topological polar surface area (TPSA) is 104 Å². The third kappa shape index (κ3) is 3.60. The van der Waals surface area contributed by atoms with E-state index in [1.807, 2.05) is 0 Å². The minimum Gasteiger partial charge on any atom is -0.480 e. The molecule has 0 radical (unpaired) electrons. The zero-order valence-corrected chi connectivity index (χ0v) is 13.0. The highest BCUT2D eigenvalue weighted by Gasteiger charge is 2.38. The molecular formula is C16H15BN2O5. The number of aliphatic carboxylic acids is 1. The number of carboxylic acid groups (broad SMARTS) is 1. The molecule has 1 heterocycles. The standard InChI is InChI=1S/C16H15BN2O5/c1-2-13(20)18-10-5-3-9(4-6-10)7-12(16(23)24)19-14(21)8-11(17)15(19)22/h2-6,8,12H,1,7,17H2,(H,18,20)(H,23,24)/t12-/m0/s1. The van der Waals surface area contributed by atoms with E-state index in [2.05, 4.69) is 11.9 Å². The molecular weight excluding hydrogens is 311 g/mol. The third-order valence-electron chi connectivity index (χ3n) is 3.57. The third-order valence-corrected chi connectivity index (χ3v) is 3.57. The monoisotopic (exact) mass is 326 g/mol. The first-order chi connectivity index (χ1) is 11.3. The summed E-state index contributed by atoms with van der Waals surface area (Å²) in [5.41, 5.74) is 1.36. The number of anilines is 1. The first kappa shape index (κ1) is 17.2. The zero-order valence-electron chi connectivity index (χ0n) is 13.0. The van der Waals surface area contributed by atoms with Crippen LogP contribution in [0.3, 0.4) is 0 Å². The van der Waals surface area contributed by atoms with E-state index < -0.39 is 23.8 Å². The summed E-state index contributed by atoms with van der Waals surface area (Å²) in [5.74, 6) is -2.84. The van der Waals surface area contributed by atoms with Gasteiger partial charge in [0.15, 0.2) is 0 Å². The number of nitrogens with zero attached hydrogens (tertiary/aromatic N) is 1. The van der Waals surface area contributed by atoms with Crippen LogP contribution < -0.4 is 5.32 Å². The Morgan fingerprint density at radius 2 is 1.92 bits per heavy atom. The summed E-state index contributed by atoms with van der Waals surface area (Å²) in [6, 6.07) is 5.17. The predicted octanol–water partition coefficient (Wildman–Crippen LogP) is -0.307. The summed E-state index contributed by atoms with van der Waals surface area (Å²) >= 11 is 0. The number of amides is 3. The Morgan fingerprint density at radius 1 is 1.29 bits per heavy atom. The maximum Gasteiger partial charge on any atom is 0.327 e. The van der Waals surface area contributed by atoms with Crippen LogP contribution in [0.25, 0.3) is 0 Å². The lowest BCUT2D eigenvalue weighted by molar-refractivity contribution is -0.153. The van der Waals surface area contributed by atoms with E-state index in [4.69, 9.17) is 0 Å². The van der Waals surface area contributed by atoms with Crippen molar-refractivity contribution >= 4 is 37.2 Å². The van der Waals surface area contributed by atoms with Gasteiger partial charge < -0.3 is 10.4 Å². The number of carboxylic acids is 1. The van der Waals surface area contributed by atoms with Crippen LogP contribution >= 0.6 is 0 Å². The van der Waals surface area contributed by atoms with Crippen LogP contribution in [0.1, 0.15) is 5.56 Å². The number of benzene rings is 1. The molecule has 3 amide bonds. The molecule has 8 heteroatoms. The molecule has 0 bridgehead atoms. The number of carbonyl (C=O) groups excluding carboxylic acids is 3. The van der Waals surface area contributed by atoms with Gasteiger partial charge in [0.25, 0.3) is 5.91 Å². The van der Waals surface area contributed by atoms with E-state index in [9.17, 15) is 24.3 Å². The van der Waals surface area contributed by atoms with Crippen LogP contribution in [0.4, 0.5) is 5.69 Å². The van der Waals surface area contributed by atoms with Crippen LogP contribution in [-0.2, 0) is 25.6 Å². The molecule has 1 aliphatic heterocycles. The molecule has 1 aromatic carbocycles. The van der Waals surface area contributed by atoms with E-state index in [0.29, 0.717) is 11.3 Å². The minimum absolute atomic E-state index is 0.0242. The van der Waals surface area contributed by atoms with Gasteiger partial charge in [0.1, 0.15) is 13.9 Å². The average molecular weight is 326 g/mol. The van der Waals surface area contributed by atoms with Gasteiger partial charge in [-0.2, -0.15) is 0 Å². The van der Waals surface area contributed by atoms with E-state index >= 15 is 0 Å². The Balaban J connectivity index is 2.16. The molecule has 2 rings (SSSR count). The van der Waals surface area contributed by atoms with Crippen LogP contribution in [0.15, 0.2) is 48.5 Å². The second kappa shape index (κ2) is 6.95. The molecule has 1 aliphatic rings. The number of nitrogens with one attached hydrogen (secondary N) is 1. The molecule has 1 atom stereocenters. The van der Waals surface area contributed by atoms with Crippen molar-refractivity contribution in [3.8, 4) is 0 Å². The van der Waals surface area contributed by atoms with Gasteiger partial charge in [-0.3, -0.25) is 19.3 Å². The van der Waals surface area contributed by atoms with Crippen molar-refractivity contribution in [1.29, 1.82) is 0 Å². The van der Waals surface area contributed by atoms with Gasteiger partial charge in [-0.05, 0) is 29.2 Å². The number of rotatable bonds is 6. The lowest BCUT2D eigenvalue weighted by Gasteiger charge is -2.23. The van der Waals surface area contributed by atoms with E-state index in [0.717, 1.165) is 17.1 Å². The number of carbonyl (C=O) groups is 4. The molecule has 0 saturated carbocycles. The quantitative estimate of drug-likeness (QED) is 0.424. The van der Waals surface area contributed by atoms with E-state index in [-0.39, 0.29) is 17.8 Å². The lowest BCUT2D eigenvalue weighted by atomic mass is 9.96. The van der Waals surface area contributed by atoms with Crippen molar-refractivity contribution in [2.24, 2.45) is 0 Å². The maximum atomic E-state index is 12.0. The first-order valence-electron chi connectivity index (χ1n) is 7.14. The largest absolute Gasteiger partial charge is 0.480 e. The summed E-state index contributed by atoms with van der Waals surface area (Å²) in [6.07, 6.45) is 2.24. The van der Waals surface area contributed by atoms with Crippen molar-refractivity contribution in [3.05, 3.63) is 54.0 Å². The van der Waals surface area contributed by atoms with Gasteiger partial charge in [0.05, 0.1) is 0 Å². The Morgan fingerprint density at radius 3 is 2.38 bits per heavy atom. The maximum absolute atomic E-state index is 12.0. The van der Waals surface area contributed by atoms with Gasteiger partial charge >= 0.3 is 5.97 Å². The van der Waals surface area contributed by atoms with Crippen molar-refractivity contribution in [2.75, 3.05) is 5.32 Å². The fourth-order valence-corrected chi connectivity index (χ4v) is 2.33. The number of hydrogen-bond acceptors (Lipinski definition) is 4. The number of hydrogen-bond donors (Lipinski definition) is 2. The molecule has 7 nitrogen and oxygen atoms in total. The van der Waals surface area contributed by atoms with Crippen molar-refractivity contribution in [3.63, 3.8) is 0 Å².